The predicted molar refractivity (Wildman–Crippen MR) is 46.9 cm³/mol. The highest BCUT2D eigenvalue weighted by Crippen LogP contribution is 2.21. The first-order valence-electron chi connectivity index (χ1n) is 3.65. The van der Waals surface area contributed by atoms with Crippen LogP contribution in [0.3, 0.4) is 0 Å². The smallest absolute Gasteiger partial charge is 0.112 e. The van der Waals surface area contributed by atoms with E-state index in [4.69, 9.17) is 10.7 Å². The third-order valence-corrected chi connectivity index (χ3v) is 1.78. The van der Waals surface area contributed by atoms with Crippen LogP contribution in [-0.4, -0.2) is 9.78 Å². The molecule has 2 N–H and O–H groups in total. The van der Waals surface area contributed by atoms with E-state index in [-0.39, 0.29) is 0 Å². The van der Waals surface area contributed by atoms with Crippen LogP contribution in [0.2, 0.25) is 0 Å². The number of rotatable bonds is 3. The number of nitrogens with two attached hydrogens (primary N) is 1. The molecule has 1 rings (SSSR count). The lowest BCUT2D eigenvalue weighted by molar-refractivity contribution is -0.0236. The van der Waals surface area contributed by atoms with Gasteiger partial charge in [0.2, 0.25) is 0 Å². The predicted octanol–water partition coefficient (Wildman–Crippen LogP) is 1.11. The molecule has 0 saturated heterocycles. The first-order valence-corrected chi connectivity index (χ1v) is 3.65. The molecular weight excluding hydrogens is 154 g/mol. The third kappa shape index (κ3) is 1.54. The van der Waals surface area contributed by atoms with Crippen molar-refractivity contribution in [3.05, 3.63) is 24.5 Å². The van der Waals surface area contributed by atoms with E-state index in [1.807, 2.05) is 20.0 Å². The maximum atomic E-state index is 5.13. The van der Waals surface area contributed by atoms with Crippen molar-refractivity contribution in [1.29, 1.82) is 0 Å². The van der Waals surface area contributed by atoms with Crippen LogP contribution in [0.1, 0.15) is 19.4 Å². The molecule has 4 heteroatoms. The quantitative estimate of drug-likeness (QED) is 0.686. The Labute approximate surface area is 71.6 Å². The summed E-state index contributed by atoms with van der Waals surface area (Å²) in [5, 5.41) is 4.01. The zero-order chi connectivity index (χ0) is 9.19. The molecule has 0 unspecified atom stereocenters. The molecule has 0 amide bonds. The molecule has 0 bridgehead atoms. The van der Waals surface area contributed by atoms with E-state index in [0.29, 0.717) is 0 Å². The van der Waals surface area contributed by atoms with Crippen LogP contribution in [0.4, 0.5) is 0 Å². The highest BCUT2D eigenvalue weighted by Gasteiger charge is 2.21. The average molecular weight is 167 g/mol. The average Bonchev–Trinajstić information content (AvgIpc) is 2.52. The summed E-state index contributed by atoms with van der Waals surface area (Å²) in [7, 11) is 0. The largest absolute Gasteiger partial charge is 0.294 e. The maximum absolute atomic E-state index is 5.13. The Morgan fingerprint density at radius 2 is 2.42 bits per heavy atom. The molecule has 1 aromatic rings. The normalized spacial score (nSPS) is 11.6. The minimum absolute atomic E-state index is 0.499. The van der Waals surface area contributed by atoms with Gasteiger partial charge in [-0.15, -0.1) is 0 Å². The van der Waals surface area contributed by atoms with Crippen molar-refractivity contribution < 1.29 is 4.84 Å². The zero-order valence-electron chi connectivity index (χ0n) is 7.32. The van der Waals surface area contributed by atoms with Crippen molar-refractivity contribution in [3.8, 4) is 0 Å². The first kappa shape index (κ1) is 8.96. The Bertz CT molecular complexity index is 278. The molecular formula is C8H13N3O. The van der Waals surface area contributed by atoms with E-state index >= 15 is 0 Å². The molecule has 66 valence electrons. The van der Waals surface area contributed by atoms with Gasteiger partial charge < -0.3 is 0 Å². The molecule has 0 aliphatic carbocycles. The molecule has 4 nitrogen and oxygen atoms in total. The molecule has 0 aliphatic rings. The summed E-state index contributed by atoms with van der Waals surface area (Å²) in [4.78, 5) is 4.79. The Hall–Kier alpha value is -1.13. The van der Waals surface area contributed by atoms with Crippen LogP contribution in [0.25, 0.3) is 6.20 Å². The van der Waals surface area contributed by atoms with Crippen molar-refractivity contribution >= 4 is 6.20 Å². The summed E-state index contributed by atoms with van der Waals surface area (Å²) < 4.78 is 1.61. The number of aromatic nitrogens is 2. The molecule has 0 radical (unpaired) electrons. The van der Waals surface area contributed by atoms with Gasteiger partial charge in [0.05, 0.1) is 6.20 Å². The SMILES string of the molecule is C=Cn1cc(C(C)(C)ON)cn1. The molecule has 1 aromatic heterocycles. The molecule has 0 aliphatic heterocycles. The van der Waals surface area contributed by atoms with Crippen LogP contribution in [0.5, 0.6) is 0 Å². The van der Waals surface area contributed by atoms with E-state index in [1.54, 1.807) is 17.1 Å². The zero-order valence-corrected chi connectivity index (χ0v) is 7.32. The molecule has 0 saturated carbocycles. The Morgan fingerprint density at radius 1 is 1.75 bits per heavy atom. The second kappa shape index (κ2) is 3.08. The Morgan fingerprint density at radius 3 is 2.83 bits per heavy atom. The van der Waals surface area contributed by atoms with E-state index in [1.165, 1.54) is 0 Å². The van der Waals surface area contributed by atoms with Crippen LogP contribution in [0, 0.1) is 0 Å². The minimum Gasteiger partial charge on any atom is -0.294 e. The number of hydrogen-bond acceptors (Lipinski definition) is 3. The highest BCUT2D eigenvalue weighted by atomic mass is 16.6. The summed E-state index contributed by atoms with van der Waals surface area (Å²) in [5.74, 6) is 5.13. The van der Waals surface area contributed by atoms with Crippen molar-refractivity contribution in [3.63, 3.8) is 0 Å². The molecule has 0 fully saturated rings. The van der Waals surface area contributed by atoms with Crippen molar-refractivity contribution in [2.75, 3.05) is 0 Å². The van der Waals surface area contributed by atoms with Crippen molar-refractivity contribution in [1.82, 2.24) is 9.78 Å². The van der Waals surface area contributed by atoms with Crippen molar-refractivity contribution in [2.45, 2.75) is 19.4 Å². The molecule has 1 heterocycles. The fourth-order valence-electron chi connectivity index (χ4n) is 0.817. The molecule has 0 atom stereocenters. The van der Waals surface area contributed by atoms with E-state index in [0.717, 1.165) is 5.56 Å². The minimum atomic E-state index is -0.499. The lowest BCUT2D eigenvalue weighted by Crippen LogP contribution is -2.24. The molecule has 12 heavy (non-hydrogen) atoms. The molecule has 0 aromatic carbocycles. The van der Waals surface area contributed by atoms with E-state index < -0.39 is 5.60 Å². The highest BCUT2D eigenvalue weighted by molar-refractivity contribution is 5.21. The van der Waals surface area contributed by atoms with Gasteiger partial charge in [-0.05, 0) is 13.8 Å². The molecule has 0 spiro atoms. The maximum Gasteiger partial charge on any atom is 0.112 e. The van der Waals surface area contributed by atoms with Gasteiger partial charge in [0.15, 0.2) is 0 Å². The second-order valence-electron chi connectivity index (χ2n) is 3.02. The van der Waals surface area contributed by atoms with Crippen LogP contribution in [0.15, 0.2) is 19.0 Å². The summed E-state index contributed by atoms with van der Waals surface area (Å²) in [5.41, 5.74) is 0.422. The lowest BCUT2D eigenvalue weighted by Gasteiger charge is -2.19. The summed E-state index contributed by atoms with van der Waals surface area (Å²) >= 11 is 0. The van der Waals surface area contributed by atoms with Crippen LogP contribution < -0.4 is 5.90 Å². The van der Waals surface area contributed by atoms with Gasteiger partial charge in [-0.1, -0.05) is 6.58 Å². The van der Waals surface area contributed by atoms with Crippen LogP contribution >= 0.6 is 0 Å². The summed E-state index contributed by atoms with van der Waals surface area (Å²) in [6, 6.07) is 0. The van der Waals surface area contributed by atoms with E-state index in [2.05, 4.69) is 11.7 Å². The van der Waals surface area contributed by atoms with Gasteiger partial charge in [-0.25, -0.2) is 10.6 Å². The summed E-state index contributed by atoms with van der Waals surface area (Å²) in [6.45, 7) is 7.33. The monoisotopic (exact) mass is 167 g/mol. The van der Waals surface area contributed by atoms with Crippen molar-refractivity contribution in [2.24, 2.45) is 5.90 Å². The topological polar surface area (TPSA) is 53.1 Å². The van der Waals surface area contributed by atoms with Gasteiger partial charge in [0.25, 0.3) is 0 Å². The fourth-order valence-corrected chi connectivity index (χ4v) is 0.817. The number of nitrogens with zero attached hydrogens (tertiary/aromatic N) is 2. The second-order valence-corrected chi connectivity index (χ2v) is 3.02. The van der Waals surface area contributed by atoms with Gasteiger partial charge in [0.1, 0.15) is 5.60 Å². The number of hydrogen-bond donors (Lipinski definition) is 1. The Kier molecular flexibility index (Phi) is 2.30. The van der Waals surface area contributed by atoms with Gasteiger partial charge in [0, 0.05) is 18.0 Å². The summed E-state index contributed by atoms with van der Waals surface area (Å²) in [6.07, 6.45) is 5.13. The van der Waals surface area contributed by atoms with Gasteiger partial charge in [-0.2, -0.15) is 5.10 Å². The first-order chi connectivity index (χ1) is 5.60. The Balaban J connectivity index is 2.95. The van der Waals surface area contributed by atoms with Gasteiger partial charge in [-0.3, -0.25) is 4.84 Å². The van der Waals surface area contributed by atoms with E-state index in [9.17, 15) is 0 Å². The lowest BCUT2D eigenvalue weighted by atomic mass is 10.0. The van der Waals surface area contributed by atoms with Gasteiger partial charge >= 0.3 is 0 Å². The third-order valence-electron chi connectivity index (χ3n) is 1.78. The van der Waals surface area contributed by atoms with Crippen LogP contribution in [-0.2, 0) is 10.4 Å². The fraction of sp³-hybridized carbons (Fsp3) is 0.375. The standard InChI is InChI=1S/C8H13N3O/c1-4-11-6-7(5-10-11)8(2,3)12-9/h4-6H,1,9H2,2-3H3.